The Hall–Kier alpha value is -3.34. The summed E-state index contributed by atoms with van der Waals surface area (Å²) in [5.41, 5.74) is 0. The van der Waals surface area contributed by atoms with Crippen molar-refractivity contribution in [1.82, 2.24) is 0 Å². The van der Waals surface area contributed by atoms with Crippen LogP contribution in [0.15, 0.2) is 97.1 Å². The molecule has 136 valence electrons. The fourth-order valence-electron chi connectivity index (χ4n) is 3.26. The summed E-state index contributed by atoms with van der Waals surface area (Å²) in [6.45, 7) is 0. The molecule has 0 atom stereocenters. The Kier molecular flexibility index (Phi) is 4.20. The van der Waals surface area contributed by atoms with Gasteiger partial charge in [-0.25, -0.2) is 0 Å². The number of thiophene rings is 1. The van der Waals surface area contributed by atoms with Gasteiger partial charge >= 0.3 is 0 Å². The van der Waals surface area contributed by atoms with Crippen LogP contribution in [-0.4, -0.2) is 4.55 Å². The second kappa shape index (κ2) is 7.00. The highest BCUT2D eigenvalue weighted by Gasteiger charge is 2.17. The van der Waals surface area contributed by atoms with E-state index in [1.165, 1.54) is 0 Å². The highest BCUT2D eigenvalue weighted by Crippen LogP contribution is 2.43. The van der Waals surface area contributed by atoms with Crippen molar-refractivity contribution in [2.75, 3.05) is 0 Å². The summed E-state index contributed by atoms with van der Waals surface area (Å²) < 4.78 is 26.4. The van der Waals surface area contributed by atoms with Crippen molar-refractivity contribution in [1.29, 1.82) is 0 Å². The standard InChI is InChI=1S/C24H16O3S/c25-28-23-13-11-19(26-17-7-3-1-4-8-17)15-21(23)22-16-20(12-14-24(22)28)27-18-9-5-2-6-10-18/h1-16H. The van der Waals surface area contributed by atoms with Crippen molar-refractivity contribution in [3.05, 3.63) is 97.1 Å². The van der Waals surface area contributed by atoms with Crippen molar-refractivity contribution in [2.45, 2.75) is 0 Å². The molecule has 0 N–H and O–H groups in total. The maximum absolute atomic E-state index is 12.9. The minimum atomic E-state index is -1.19. The van der Waals surface area contributed by atoms with Gasteiger partial charge in [0.15, 0.2) is 9.40 Å². The largest absolute Gasteiger partial charge is 0.590 e. The number of hydrogen-bond donors (Lipinski definition) is 0. The zero-order chi connectivity index (χ0) is 18.9. The van der Waals surface area contributed by atoms with Gasteiger partial charge in [0.05, 0.1) is 10.8 Å². The van der Waals surface area contributed by atoms with Crippen molar-refractivity contribution < 1.29 is 14.0 Å². The van der Waals surface area contributed by atoms with Crippen LogP contribution in [0.5, 0.6) is 23.0 Å². The fraction of sp³-hybridized carbons (Fsp3) is 0. The third kappa shape index (κ3) is 3.09. The van der Waals surface area contributed by atoms with Crippen LogP contribution in [0.1, 0.15) is 0 Å². The lowest BCUT2D eigenvalue weighted by molar-refractivity contribution is 0.483. The van der Waals surface area contributed by atoms with Crippen LogP contribution in [0, 0.1) is 0 Å². The average Bonchev–Trinajstić information content (AvgIpc) is 3.01. The second-order valence-corrected chi connectivity index (χ2v) is 7.83. The van der Waals surface area contributed by atoms with Gasteiger partial charge in [-0.15, -0.1) is 0 Å². The van der Waals surface area contributed by atoms with Crippen LogP contribution in [0.2, 0.25) is 0 Å². The molecule has 1 aromatic heterocycles. The van der Waals surface area contributed by atoms with Crippen molar-refractivity contribution >= 4 is 30.9 Å². The maximum Gasteiger partial charge on any atom is 0.181 e. The SMILES string of the molecule is [O-][s+]1c2ccc(Oc3ccccc3)cc2c2cc(Oc3ccccc3)ccc21. The molecule has 0 radical (unpaired) electrons. The Bertz CT molecular complexity index is 1160. The van der Waals surface area contributed by atoms with Crippen LogP contribution in [0.3, 0.4) is 0 Å². The number of para-hydroxylation sites is 2. The first-order valence-corrected chi connectivity index (χ1v) is 10.1. The van der Waals surface area contributed by atoms with Gasteiger partial charge < -0.3 is 14.0 Å². The minimum Gasteiger partial charge on any atom is -0.590 e. The van der Waals surface area contributed by atoms with Gasteiger partial charge in [-0.05, 0) is 59.3 Å². The number of rotatable bonds is 4. The summed E-state index contributed by atoms with van der Waals surface area (Å²) in [5.74, 6) is 2.96. The molecule has 4 heteroatoms. The first kappa shape index (κ1) is 16.8. The predicted octanol–water partition coefficient (Wildman–Crippen LogP) is 7.31. The summed E-state index contributed by atoms with van der Waals surface area (Å²) in [7, 11) is -1.19. The number of benzene rings is 4. The smallest absolute Gasteiger partial charge is 0.181 e. The molecule has 0 aliphatic rings. The topological polar surface area (TPSA) is 41.5 Å². The molecule has 0 fully saturated rings. The number of hydrogen-bond acceptors (Lipinski definition) is 3. The predicted molar refractivity (Wildman–Crippen MR) is 113 cm³/mol. The summed E-state index contributed by atoms with van der Waals surface area (Å²) in [6, 6.07) is 30.6. The van der Waals surface area contributed by atoms with Crippen LogP contribution in [0.25, 0.3) is 20.2 Å². The van der Waals surface area contributed by atoms with Gasteiger partial charge in [0.2, 0.25) is 0 Å². The van der Waals surface area contributed by atoms with E-state index in [0.29, 0.717) is 11.5 Å². The molecule has 28 heavy (non-hydrogen) atoms. The Balaban J connectivity index is 1.58. The average molecular weight is 384 g/mol. The molecule has 0 aliphatic heterocycles. The fourth-order valence-corrected chi connectivity index (χ4v) is 4.61. The summed E-state index contributed by atoms with van der Waals surface area (Å²) in [5, 5.41) is 1.83. The molecule has 0 amide bonds. The van der Waals surface area contributed by atoms with Gasteiger partial charge in [0.1, 0.15) is 23.0 Å². The van der Waals surface area contributed by atoms with Crippen LogP contribution < -0.4 is 9.47 Å². The van der Waals surface area contributed by atoms with E-state index in [0.717, 1.165) is 31.7 Å². The van der Waals surface area contributed by atoms with E-state index in [1.54, 1.807) is 0 Å². The lowest BCUT2D eigenvalue weighted by Gasteiger charge is -2.05. The summed E-state index contributed by atoms with van der Waals surface area (Å²) in [4.78, 5) is 0. The summed E-state index contributed by atoms with van der Waals surface area (Å²) >= 11 is 0. The van der Waals surface area contributed by atoms with Crippen molar-refractivity contribution in [2.24, 2.45) is 0 Å². The molecular formula is C24H16O3S. The zero-order valence-electron chi connectivity index (χ0n) is 14.9. The Morgan fingerprint density at radius 1 is 0.500 bits per heavy atom. The lowest BCUT2D eigenvalue weighted by atomic mass is 10.1. The van der Waals surface area contributed by atoms with E-state index in [9.17, 15) is 4.55 Å². The summed E-state index contributed by atoms with van der Waals surface area (Å²) in [6.07, 6.45) is 0. The molecule has 0 unspecified atom stereocenters. The molecule has 0 bridgehead atoms. The zero-order valence-corrected chi connectivity index (χ0v) is 15.7. The van der Waals surface area contributed by atoms with E-state index in [4.69, 9.17) is 9.47 Å². The van der Waals surface area contributed by atoms with E-state index >= 15 is 0 Å². The third-order valence-electron chi connectivity index (χ3n) is 4.55. The molecule has 4 aromatic carbocycles. The Morgan fingerprint density at radius 2 is 0.929 bits per heavy atom. The molecular weight excluding hydrogens is 368 g/mol. The highest BCUT2D eigenvalue weighted by atomic mass is 32.2. The molecule has 5 rings (SSSR count). The maximum atomic E-state index is 12.9. The van der Waals surface area contributed by atoms with Crippen molar-refractivity contribution in [3.63, 3.8) is 0 Å². The minimum absolute atomic E-state index is 0.712. The number of fused-ring (bicyclic) bond motifs is 3. The van der Waals surface area contributed by atoms with Gasteiger partial charge in [-0.2, -0.15) is 0 Å². The molecule has 0 saturated carbocycles. The van der Waals surface area contributed by atoms with Crippen LogP contribution in [0.4, 0.5) is 0 Å². The molecule has 1 heterocycles. The van der Waals surface area contributed by atoms with Gasteiger partial charge in [0, 0.05) is 12.1 Å². The lowest BCUT2D eigenvalue weighted by Crippen LogP contribution is -1.84. The first-order chi connectivity index (χ1) is 13.8. The second-order valence-electron chi connectivity index (χ2n) is 6.41. The van der Waals surface area contributed by atoms with Gasteiger partial charge in [-0.1, -0.05) is 36.4 Å². The Labute approximate surface area is 165 Å². The van der Waals surface area contributed by atoms with E-state index < -0.39 is 10.8 Å². The monoisotopic (exact) mass is 384 g/mol. The molecule has 0 aliphatic carbocycles. The van der Waals surface area contributed by atoms with Crippen LogP contribution in [-0.2, 0) is 0 Å². The third-order valence-corrected chi connectivity index (χ3v) is 6.06. The molecule has 0 spiro atoms. The van der Waals surface area contributed by atoms with Crippen molar-refractivity contribution in [3.8, 4) is 23.0 Å². The van der Waals surface area contributed by atoms with Gasteiger partial charge in [-0.3, -0.25) is 0 Å². The van der Waals surface area contributed by atoms with E-state index in [-0.39, 0.29) is 0 Å². The first-order valence-electron chi connectivity index (χ1n) is 8.94. The molecule has 0 saturated heterocycles. The molecule has 5 aromatic rings. The van der Waals surface area contributed by atoms with E-state index in [2.05, 4.69) is 0 Å². The molecule has 3 nitrogen and oxygen atoms in total. The number of ether oxygens (including phenoxy) is 2. The Morgan fingerprint density at radius 3 is 1.36 bits per heavy atom. The van der Waals surface area contributed by atoms with Gasteiger partial charge in [0.25, 0.3) is 0 Å². The quantitative estimate of drug-likeness (QED) is 0.305. The van der Waals surface area contributed by atoms with E-state index in [1.807, 2.05) is 97.1 Å². The van der Waals surface area contributed by atoms with Crippen LogP contribution >= 0.6 is 10.8 Å². The highest BCUT2D eigenvalue weighted by molar-refractivity contribution is 7.37. The normalized spacial score (nSPS) is 11.0.